The predicted molar refractivity (Wildman–Crippen MR) is 52.2 cm³/mol. The molecule has 0 bridgehead atoms. The Bertz CT molecular complexity index is 382. The third kappa shape index (κ3) is 1.35. The number of Topliss-reactive ketones (excluding diaryl/α,β-unsaturated/α-hetero) is 1. The summed E-state index contributed by atoms with van der Waals surface area (Å²) in [6.07, 6.45) is 0.458. The van der Waals surface area contributed by atoms with Gasteiger partial charge in [0.25, 0.3) is 0 Å². The maximum Gasteiger partial charge on any atom is 0.170 e. The number of ketones is 1. The van der Waals surface area contributed by atoms with Crippen LogP contribution >= 0.6 is 0 Å². The molecular weight excluding hydrogens is 180 g/mol. The molecule has 1 aromatic carbocycles. The van der Waals surface area contributed by atoms with E-state index in [9.17, 15) is 4.79 Å². The van der Waals surface area contributed by atoms with Gasteiger partial charge < -0.3 is 9.47 Å². The minimum Gasteiger partial charge on any atom is -0.496 e. The lowest BCUT2D eigenvalue weighted by Gasteiger charge is -2.18. The van der Waals surface area contributed by atoms with Gasteiger partial charge in [-0.25, -0.2) is 0 Å². The Hall–Kier alpha value is -1.51. The van der Waals surface area contributed by atoms with Gasteiger partial charge in [-0.3, -0.25) is 4.79 Å². The van der Waals surface area contributed by atoms with Gasteiger partial charge in [0.1, 0.15) is 11.5 Å². The molecule has 3 nitrogen and oxygen atoms in total. The van der Waals surface area contributed by atoms with Gasteiger partial charge >= 0.3 is 0 Å². The number of rotatable bonds is 1. The zero-order valence-electron chi connectivity index (χ0n) is 8.29. The summed E-state index contributed by atoms with van der Waals surface area (Å²) in [5.41, 5.74) is 1.62. The van der Waals surface area contributed by atoms with Crippen molar-refractivity contribution in [2.75, 3.05) is 13.7 Å². The number of methoxy groups -OCH3 is 1. The second kappa shape index (κ2) is 3.33. The van der Waals surface area contributed by atoms with Gasteiger partial charge in [-0.15, -0.1) is 0 Å². The number of aryl methyl sites for hydroxylation is 1. The van der Waals surface area contributed by atoms with Crippen LogP contribution in [0.2, 0.25) is 0 Å². The summed E-state index contributed by atoms with van der Waals surface area (Å²) >= 11 is 0. The summed E-state index contributed by atoms with van der Waals surface area (Å²) in [7, 11) is 1.60. The third-order valence-electron chi connectivity index (χ3n) is 2.38. The maximum absolute atomic E-state index is 11.5. The molecule has 0 saturated heterocycles. The molecule has 1 heterocycles. The standard InChI is InChI=1S/C11H12O3/c1-7-5-11-8(6-10(7)13-2)9(12)3-4-14-11/h5-6H,3-4H2,1-2H3. The first-order valence-corrected chi connectivity index (χ1v) is 4.57. The molecule has 1 aliphatic heterocycles. The van der Waals surface area contributed by atoms with E-state index in [0.29, 0.717) is 24.3 Å². The maximum atomic E-state index is 11.5. The molecule has 0 unspecified atom stereocenters. The SMILES string of the molecule is COc1cc2c(cc1C)OCCC2=O. The number of benzene rings is 1. The van der Waals surface area contributed by atoms with Crippen LogP contribution in [-0.2, 0) is 0 Å². The topological polar surface area (TPSA) is 35.5 Å². The number of fused-ring (bicyclic) bond motifs is 1. The van der Waals surface area contributed by atoms with Crippen molar-refractivity contribution in [3.8, 4) is 11.5 Å². The highest BCUT2D eigenvalue weighted by Crippen LogP contribution is 2.31. The summed E-state index contributed by atoms with van der Waals surface area (Å²) in [6.45, 7) is 2.42. The Labute approximate surface area is 82.6 Å². The fraction of sp³-hybridized carbons (Fsp3) is 0.364. The van der Waals surface area contributed by atoms with Crippen LogP contribution < -0.4 is 9.47 Å². The zero-order valence-corrected chi connectivity index (χ0v) is 8.29. The van der Waals surface area contributed by atoms with Crippen LogP contribution in [0.1, 0.15) is 22.3 Å². The Morgan fingerprint density at radius 1 is 1.43 bits per heavy atom. The molecule has 1 aromatic rings. The Morgan fingerprint density at radius 3 is 2.93 bits per heavy atom. The minimum atomic E-state index is 0.129. The van der Waals surface area contributed by atoms with Crippen molar-refractivity contribution in [1.29, 1.82) is 0 Å². The Morgan fingerprint density at radius 2 is 2.21 bits per heavy atom. The first-order chi connectivity index (χ1) is 6.72. The molecular formula is C11H12O3. The van der Waals surface area contributed by atoms with Crippen molar-refractivity contribution in [2.24, 2.45) is 0 Å². The number of ether oxygens (including phenoxy) is 2. The molecule has 0 aromatic heterocycles. The predicted octanol–water partition coefficient (Wildman–Crippen LogP) is 1.97. The van der Waals surface area contributed by atoms with E-state index in [1.54, 1.807) is 13.2 Å². The van der Waals surface area contributed by atoms with Gasteiger partial charge in [0.2, 0.25) is 0 Å². The molecule has 0 spiro atoms. The fourth-order valence-electron chi connectivity index (χ4n) is 1.61. The molecule has 0 fully saturated rings. The molecule has 0 N–H and O–H groups in total. The van der Waals surface area contributed by atoms with Crippen LogP contribution in [0, 0.1) is 6.92 Å². The van der Waals surface area contributed by atoms with Gasteiger partial charge in [-0.05, 0) is 24.6 Å². The highest BCUT2D eigenvalue weighted by atomic mass is 16.5. The third-order valence-corrected chi connectivity index (χ3v) is 2.38. The molecule has 0 atom stereocenters. The van der Waals surface area contributed by atoms with Gasteiger partial charge in [0.05, 0.1) is 19.3 Å². The van der Waals surface area contributed by atoms with Crippen molar-refractivity contribution < 1.29 is 14.3 Å². The molecule has 1 aliphatic rings. The van der Waals surface area contributed by atoms with Gasteiger partial charge in [-0.2, -0.15) is 0 Å². The average molecular weight is 192 g/mol. The Balaban J connectivity index is 2.54. The molecule has 74 valence electrons. The zero-order chi connectivity index (χ0) is 10.1. The number of hydrogen-bond donors (Lipinski definition) is 0. The number of hydrogen-bond acceptors (Lipinski definition) is 3. The van der Waals surface area contributed by atoms with E-state index in [4.69, 9.17) is 9.47 Å². The number of carbonyl (C=O) groups is 1. The van der Waals surface area contributed by atoms with Crippen LogP contribution in [0.3, 0.4) is 0 Å². The molecule has 0 saturated carbocycles. The van der Waals surface area contributed by atoms with Crippen molar-refractivity contribution >= 4 is 5.78 Å². The molecule has 0 aliphatic carbocycles. The van der Waals surface area contributed by atoms with Crippen LogP contribution in [0.5, 0.6) is 11.5 Å². The van der Waals surface area contributed by atoms with Crippen molar-refractivity contribution in [2.45, 2.75) is 13.3 Å². The first kappa shape index (κ1) is 9.06. The summed E-state index contributed by atoms with van der Waals surface area (Å²) < 4.78 is 10.5. The van der Waals surface area contributed by atoms with Crippen molar-refractivity contribution in [3.63, 3.8) is 0 Å². The smallest absolute Gasteiger partial charge is 0.170 e. The molecule has 2 rings (SSSR count). The van der Waals surface area contributed by atoms with E-state index >= 15 is 0 Å². The summed E-state index contributed by atoms with van der Waals surface area (Å²) in [4.78, 5) is 11.5. The van der Waals surface area contributed by atoms with Gasteiger partial charge in [0.15, 0.2) is 5.78 Å². The first-order valence-electron chi connectivity index (χ1n) is 4.57. The van der Waals surface area contributed by atoms with Gasteiger partial charge in [-0.1, -0.05) is 0 Å². The average Bonchev–Trinajstić information content (AvgIpc) is 2.17. The van der Waals surface area contributed by atoms with E-state index < -0.39 is 0 Å². The highest BCUT2D eigenvalue weighted by Gasteiger charge is 2.20. The largest absolute Gasteiger partial charge is 0.496 e. The van der Waals surface area contributed by atoms with E-state index in [-0.39, 0.29) is 5.78 Å². The second-order valence-corrected chi connectivity index (χ2v) is 3.34. The molecule has 0 amide bonds. The number of carbonyl (C=O) groups excluding carboxylic acids is 1. The lowest BCUT2D eigenvalue weighted by Crippen LogP contribution is -2.15. The van der Waals surface area contributed by atoms with E-state index in [2.05, 4.69) is 0 Å². The summed E-state index contributed by atoms with van der Waals surface area (Å²) in [5, 5.41) is 0. The monoisotopic (exact) mass is 192 g/mol. The lowest BCUT2D eigenvalue weighted by molar-refractivity contribution is 0.0933. The van der Waals surface area contributed by atoms with Crippen molar-refractivity contribution in [1.82, 2.24) is 0 Å². The summed E-state index contributed by atoms with van der Waals surface area (Å²) in [6, 6.07) is 3.61. The van der Waals surface area contributed by atoms with Crippen LogP contribution in [0.25, 0.3) is 0 Å². The fourth-order valence-corrected chi connectivity index (χ4v) is 1.61. The second-order valence-electron chi connectivity index (χ2n) is 3.34. The molecule has 3 heteroatoms. The minimum absolute atomic E-state index is 0.129. The quantitative estimate of drug-likeness (QED) is 0.682. The highest BCUT2D eigenvalue weighted by molar-refractivity contribution is 6.00. The molecule has 14 heavy (non-hydrogen) atoms. The van der Waals surface area contributed by atoms with Crippen LogP contribution in [0.15, 0.2) is 12.1 Å². The molecule has 0 radical (unpaired) electrons. The Kier molecular flexibility index (Phi) is 2.15. The van der Waals surface area contributed by atoms with Crippen LogP contribution in [-0.4, -0.2) is 19.5 Å². The van der Waals surface area contributed by atoms with Crippen molar-refractivity contribution in [3.05, 3.63) is 23.3 Å². The van der Waals surface area contributed by atoms with E-state index in [1.165, 1.54) is 0 Å². The summed E-state index contributed by atoms with van der Waals surface area (Å²) in [5.74, 6) is 1.55. The lowest BCUT2D eigenvalue weighted by atomic mass is 10.0. The normalized spacial score (nSPS) is 14.6. The van der Waals surface area contributed by atoms with Crippen LogP contribution in [0.4, 0.5) is 0 Å². The van der Waals surface area contributed by atoms with E-state index in [1.807, 2.05) is 13.0 Å². The van der Waals surface area contributed by atoms with Gasteiger partial charge in [0, 0.05) is 6.42 Å². The van der Waals surface area contributed by atoms with E-state index in [0.717, 1.165) is 11.3 Å².